The summed E-state index contributed by atoms with van der Waals surface area (Å²) < 4.78 is 29.6. The molecular formula is C23H18N2O3S. The number of nitrogens with zero attached hydrogens (tertiary/aromatic N) is 1. The summed E-state index contributed by atoms with van der Waals surface area (Å²) in [5.41, 5.74) is 3.23. The first-order chi connectivity index (χ1) is 13.9. The Hall–Kier alpha value is -3.51. The van der Waals surface area contributed by atoms with Gasteiger partial charge in [-0.25, -0.2) is 0 Å². The minimum Gasteiger partial charge on any atom is -0.352 e. The molecule has 0 fully saturated rings. The van der Waals surface area contributed by atoms with Crippen LogP contribution in [0.5, 0.6) is 0 Å². The molecule has 3 aromatic carbocycles. The summed E-state index contributed by atoms with van der Waals surface area (Å²) in [5.74, 6) is -0.211. The Kier molecular flexibility index (Phi) is 4.86. The first-order valence-electron chi connectivity index (χ1n) is 9.03. The predicted molar refractivity (Wildman–Crippen MR) is 114 cm³/mol. The zero-order valence-corrected chi connectivity index (χ0v) is 16.5. The standard InChI is InChI=1S/C23H18N2O3S/c1-16-11-13-17(14-12-16)24-22-15-21(19-9-5-6-10-20(19)23(22)26)25-29(27,28)18-7-3-2-4-8-18/h2-15,24H,1H3. The van der Waals surface area contributed by atoms with Crippen LogP contribution in [0.15, 0.2) is 99.9 Å². The molecule has 0 aromatic heterocycles. The zero-order valence-electron chi connectivity index (χ0n) is 15.7. The van der Waals surface area contributed by atoms with Gasteiger partial charge in [0.1, 0.15) is 0 Å². The summed E-state index contributed by atoms with van der Waals surface area (Å²) in [6.07, 6.45) is 1.49. The van der Waals surface area contributed by atoms with E-state index in [2.05, 4.69) is 9.71 Å². The Morgan fingerprint density at radius 2 is 1.41 bits per heavy atom. The fourth-order valence-corrected chi connectivity index (χ4v) is 4.08. The monoisotopic (exact) mass is 402 g/mol. The quantitative estimate of drug-likeness (QED) is 0.703. The predicted octanol–water partition coefficient (Wildman–Crippen LogP) is 4.37. The number of rotatable bonds is 4. The van der Waals surface area contributed by atoms with Crippen LogP contribution in [-0.4, -0.2) is 19.9 Å². The summed E-state index contributed by atoms with van der Waals surface area (Å²) in [6, 6.07) is 22.5. The van der Waals surface area contributed by atoms with E-state index in [4.69, 9.17) is 0 Å². The van der Waals surface area contributed by atoms with Gasteiger partial charge in [0.2, 0.25) is 5.78 Å². The molecule has 0 bridgehead atoms. The number of ketones is 1. The van der Waals surface area contributed by atoms with Crippen LogP contribution >= 0.6 is 0 Å². The van der Waals surface area contributed by atoms with Gasteiger partial charge in [-0.3, -0.25) is 4.79 Å². The lowest BCUT2D eigenvalue weighted by Gasteiger charge is -2.18. The number of Topliss-reactive ketones (excluding diaryl/α,β-unsaturated/α-hetero) is 1. The minimum absolute atomic E-state index is 0.100. The van der Waals surface area contributed by atoms with E-state index in [9.17, 15) is 13.2 Å². The van der Waals surface area contributed by atoms with Crippen LogP contribution < -0.4 is 5.32 Å². The Bertz CT molecular complexity index is 1240. The molecule has 29 heavy (non-hydrogen) atoms. The van der Waals surface area contributed by atoms with Gasteiger partial charge in [-0.05, 0) is 37.3 Å². The summed E-state index contributed by atoms with van der Waals surface area (Å²) in [4.78, 5) is 13.0. The number of benzene rings is 3. The molecule has 0 unspecified atom stereocenters. The zero-order chi connectivity index (χ0) is 20.4. The number of anilines is 1. The molecule has 0 saturated heterocycles. The van der Waals surface area contributed by atoms with Crippen LogP contribution in [0, 0.1) is 6.92 Å². The fraction of sp³-hybridized carbons (Fsp3) is 0.0435. The molecule has 0 aliphatic heterocycles. The fourth-order valence-electron chi connectivity index (χ4n) is 3.06. The van der Waals surface area contributed by atoms with Gasteiger partial charge in [0.05, 0.1) is 16.3 Å². The van der Waals surface area contributed by atoms with E-state index < -0.39 is 10.0 Å². The van der Waals surface area contributed by atoms with E-state index in [-0.39, 0.29) is 22.1 Å². The van der Waals surface area contributed by atoms with E-state index in [0.717, 1.165) is 11.3 Å². The molecule has 0 heterocycles. The van der Waals surface area contributed by atoms with Crippen LogP contribution in [0.25, 0.3) is 0 Å². The number of nitrogens with one attached hydrogen (secondary N) is 1. The maximum absolute atomic E-state index is 12.9. The Morgan fingerprint density at radius 3 is 2.10 bits per heavy atom. The van der Waals surface area contributed by atoms with Crippen LogP contribution in [0.2, 0.25) is 0 Å². The van der Waals surface area contributed by atoms with Crippen molar-refractivity contribution >= 4 is 27.2 Å². The van der Waals surface area contributed by atoms with E-state index in [1.807, 2.05) is 31.2 Å². The number of hydrogen-bond acceptors (Lipinski definition) is 4. The smallest absolute Gasteiger partial charge is 0.282 e. The molecule has 0 atom stereocenters. The van der Waals surface area contributed by atoms with Crippen molar-refractivity contribution in [2.24, 2.45) is 4.40 Å². The van der Waals surface area contributed by atoms with Crippen molar-refractivity contribution in [3.05, 3.63) is 107 Å². The van der Waals surface area contributed by atoms with Gasteiger partial charge in [0.25, 0.3) is 10.0 Å². The molecule has 144 valence electrons. The molecule has 0 amide bonds. The van der Waals surface area contributed by atoms with Crippen molar-refractivity contribution in [3.8, 4) is 0 Å². The number of carbonyl (C=O) groups excluding carboxylic acids is 1. The summed E-state index contributed by atoms with van der Waals surface area (Å²) >= 11 is 0. The Morgan fingerprint density at radius 1 is 0.793 bits per heavy atom. The number of aryl methyl sites for hydroxylation is 1. The largest absolute Gasteiger partial charge is 0.352 e. The van der Waals surface area contributed by atoms with E-state index in [1.54, 1.807) is 42.5 Å². The second-order valence-corrected chi connectivity index (χ2v) is 8.29. The summed E-state index contributed by atoms with van der Waals surface area (Å²) in [6.45, 7) is 1.98. The third-order valence-corrected chi connectivity index (χ3v) is 5.87. The number of carbonyl (C=O) groups is 1. The number of sulfonamides is 1. The van der Waals surface area contributed by atoms with Gasteiger partial charge in [-0.2, -0.15) is 12.8 Å². The lowest BCUT2D eigenvalue weighted by Crippen LogP contribution is -2.22. The van der Waals surface area contributed by atoms with E-state index in [1.165, 1.54) is 18.2 Å². The second-order valence-electron chi connectivity index (χ2n) is 6.69. The molecule has 5 nitrogen and oxygen atoms in total. The van der Waals surface area contributed by atoms with Crippen molar-refractivity contribution in [3.63, 3.8) is 0 Å². The van der Waals surface area contributed by atoms with Crippen LogP contribution in [0.4, 0.5) is 5.69 Å². The van der Waals surface area contributed by atoms with Crippen molar-refractivity contribution in [2.75, 3.05) is 5.32 Å². The normalized spacial score (nSPS) is 15.0. The summed E-state index contributed by atoms with van der Waals surface area (Å²) in [5, 5.41) is 3.09. The second kappa shape index (κ2) is 7.48. The third kappa shape index (κ3) is 3.88. The molecule has 1 aliphatic carbocycles. The van der Waals surface area contributed by atoms with Gasteiger partial charge in [-0.15, -0.1) is 0 Å². The molecule has 3 aromatic rings. The molecule has 1 aliphatic rings. The molecule has 0 radical (unpaired) electrons. The van der Waals surface area contributed by atoms with Gasteiger partial charge in [0, 0.05) is 16.8 Å². The van der Waals surface area contributed by atoms with Crippen LogP contribution in [-0.2, 0) is 10.0 Å². The highest BCUT2D eigenvalue weighted by molar-refractivity contribution is 7.90. The first-order valence-corrected chi connectivity index (χ1v) is 10.5. The van der Waals surface area contributed by atoms with E-state index >= 15 is 0 Å². The average molecular weight is 402 g/mol. The maximum atomic E-state index is 12.9. The molecule has 1 N–H and O–H groups in total. The summed E-state index contributed by atoms with van der Waals surface area (Å²) in [7, 11) is -3.92. The van der Waals surface area contributed by atoms with Gasteiger partial charge in [-0.1, -0.05) is 60.2 Å². The van der Waals surface area contributed by atoms with Crippen molar-refractivity contribution in [2.45, 2.75) is 11.8 Å². The molecule has 4 rings (SSSR count). The average Bonchev–Trinajstić information content (AvgIpc) is 2.73. The topological polar surface area (TPSA) is 75.6 Å². The van der Waals surface area contributed by atoms with E-state index in [0.29, 0.717) is 11.1 Å². The lowest BCUT2D eigenvalue weighted by atomic mass is 9.92. The highest BCUT2D eigenvalue weighted by Crippen LogP contribution is 2.25. The minimum atomic E-state index is -3.92. The molecule has 6 heteroatoms. The van der Waals surface area contributed by atoms with Crippen LogP contribution in [0.3, 0.4) is 0 Å². The van der Waals surface area contributed by atoms with Crippen LogP contribution in [0.1, 0.15) is 21.5 Å². The Labute approximate surface area is 169 Å². The van der Waals surface area contributed by atoms with Crippen molar-refractivity contribution in [1.82, 2.24) is 0 Å². The third-order valence-electron chi connectivity index (χ3n) is 4.56. The number of fused-ring (bicyclic) bond motifs is 1. The van der Waals surface area contributed by atoms with Crippen molar-refractivity contribution < 1.29 is 13.2 Å². The van der Waals surface area contributed by atoms with Crippen molar-refractivity contribution in [1.29, 1.82) is 0 Å². The SMILES string of the molecule is Cc1ccc(NC2=CC(=NS(=O)(=O)c3ccccc3)c3ccccc3C2=O)cc1. The van der Waals surface area contributed by atoms with Gasteiger partial charge < -0.3 is 5.32 Å². The number of hydrogen-bond donors (Lipinski definition) is 1. The van der Waals surface area contributed by atoms with Gasteiger partial charge >= 0.3 is 0 Å². The molecule has 0 spiro atoms. The Balaban J connectivity index is 1.81. The highest BCUT2D eigenvalue weighted by atomic mass is 32.2. The highest BCUT2D eigenvalue weighted by Gasteiger charge is 2.26. The lowest BCUT2D eigenvalue weighted by molar-refractivity contribution is 0.103. The number of allylic oxidation sites excluding steroid dienone is 2. The maximum Gasteiger partial charge on any atom is 0.282 e. The molecule has 0 saturated carbocycles. The van der Waals surface area contributed by atoms with Gasteiger partial charge in [0.15, 0.2) is 0 Å². The molecular weight excluding hydrogens is 384 g/mol. The first kappa shape index (κ1) is 18.8.